The summed E-state index contributed by atoms with van der Waals surface area (Å²) < 4.78 is 12.9. The highest BCUT2D eigenvalue weighted by atomic mass is 16.7. The number of aliphatic carboxylic acids is 1. The van der Waals surface area contributed by atoms with E-state index < -0.39 is 5.97 Å². The lowest BCUT2D eigenvalue weighted by atomic mass is 10.2. The second-order valence-corrected chi connectivity index (χ2v) is 5.47. The molecule has 1 aliphatic rings. The quantitative estimate of drug-likeness (QED) is 0.916. The first-order valence-corrected chi connectivity index (χ1v) is 7.08. The van der Waals surface area contributed by atoms with Crippen molar-refractivity contribution in [3.63, 3.8) is 0 Å². The van der Waals surface area contributed by atoms with Crippen LogP contribution in [0.5, 0.6) is 11.5 Å². The van der Waals surface area contributed by atoms with Gasteiger partial charge in [-0.3, -0.25) is 4.79 Å². The summed E-state index contributed by atoms with van der Waals surface area (Å²) in [6.45, 7) is 5.03. The van der Waals surface area contributed by atoms with E-state index in [1.807, 2.05) is 12.1 Å². The molecule has 112 valence electrons. The molecule has 0 amide bonds. The summed E-state index contributed by atoms with van der Waals surface area (Å²) in [6, 6.07) is 3.81. The molecule has 2 heterocycles. The van der Waals surface area contributed by atoms with Gasteiger partial charge in [-0.15, -0.1) is 0 Å². The maximum atomic E-state index is 10.7. The van der Waals surface area contributed by atoms with E-state index in [0.29, 0.717) is 18.7 Å². The van der Waals surface area contributed by atoms with Crippen molar-refractivity contribution >= 4 is 17.0 Å². The number of aryl methyl sites for hydroxylation is 1. The highest BCUT2D eigenvalue weighted by Crippen LogP contribution is 2.37. The normalized spacial score (nSPS) is 13.3. The van der Waals surface area contributed by atoms with E-state index >= 15 is 0 Å². The second-order valence-electron chi connectivity index (χ2n) is 5.47. The standard InChI is InChI=1S/C15H18N2O4/c1-9(2)15-16-10-6-12-13(21-8-20-12)7-11(10)17(15)5-3-4-14(18)19/h6-7,9H,3-5,8H2,1-2H3,(H,18,19). The highest BCUT2D eigenvalue weighted by molar-refractivity contribution is 5.81. The first-order chi connectivity index (χ1) is 10.1. The van der Waals surface area contributed by atoms with Crippen molar-refractivity contribution in [1.82, 2.24) is 9.55 Å². The predicted molar refractivity (Wildman–Crippen MR) is 76.8 cm³/mol. The highest BCUT2D eigenvalue weighted by Gasteiger charge is 2.20. The fourth-order valence-corrected chi connectivity index (χ4v) is 2.60. The molecule has 6 heteroatoms. The molecule has 0 radical (unpaired) electrons. The maximum Gasteiger partial charge on any atom is 0.303 e. The molecule has 6 nitrogen and oxygen atoms in total. The molecule has 0 saturated carbocycles. The Bertz CT molecular complexity index is 691. The molecular weight excluding hydrogens is 272 g/mol. The number of hydrogen-bond acceptors (Lipinski definition) is 4. The van der Waals surface area contributed by atoms with Gasteiger partial charge in [0.05, 0.1) is 11.0 Å². The Labute approximate surface area is 122 Å². The van der Waals surface area contributed by atoms with Gasteiger partial charge in [-0.25, -0.2) is 4.98 Å². The van der Waals surface area contributed by atoms with Crippen LogP contribution in [0.1, 0.15) is 38.4 Å². The molecule has 1 N–H and O–H groups in total. The van der Waals surface area contributed by atoms with Crippen molar-refractivity contribution in [2.45, 2.75) is 39.2 Å². The molecule has 1 aliphatic heterocycles. The number of carboxylic acid groups (broad SMARTS) is 1. The van der Waals surface area contributed by atoms with Gasteiger partial charge in [0.1, 0.15) is 5.82 Å². The Morgan fingerprint density at radius 3 is 2.76 bits per heavy atom. The van der Waals surface area contributed by atoms with Crippen molar-refractivity contribution in [3.05, 3.63) is 18.0 Å². The molecule has 1 aromatic carbocycles. The lowest BCUT2D eigenvalue weighted by Gasteiger charge is -2.10. The molecule has 0 fully saturated rings. The van der Waals surface area contributed by atoms with Crippen LogP contribution in [0.25, 0.3) is 11.0 Å². The molecule has 1 aromatic heterocycles. The third-order valence-corrected chi connectivity index (χ3v) is 3.56. The number of ether oxygens (including phenoxy) is 2. The number of imidazole rings is 1. The van der Waals surface area contributed by atoms with Crippen LogP contribution < -0.4 is 9.47 Å². The predicted octanol–water partition coefficient (Wildman–Crippen LogP) is 2.75. The fourth-order valence-electron chi connectivity index (χ4n) is 2.60. The monoisotopic (exact) mass is 290 g/mol. The number of benzene rings is 1. The van der Waals surface area contributed by atoms with Gasteiger partial charge in [0.2, 0.25) is 6.79 Å². The molecule has 0 spiro atoms. The average Bonchev–Trinajstić information content (AvgIpc) is 3.00. The first-order valence-electron chi connectivity index (χ1n) is 7.08. The third kappa shape index (κ3) is 2.53. The largest absolute Gasteiger partial charge is 0.481 e. The first kappa shape index (κ1) is 13.7. The summed E-state index contributed by atoms with van der Waals surface area (Å²) in [5.74, 6) is 1.88. The minimum atomic E-state index is -0.775. The summed E-state index contributed by atoms with van der Waals surface area (Å²) in [6.07, 6.45) is 0.733. The van der Waals surface area contributed by atoms with Gasteiger partial charge in [-0.2, -0.15) is 0 Å². The lowest BCUT2D eigenvalue weighted by molar-refractivity contribution is -0.137. The summed E-state index contributed by atoms with van der Waals surface area (Å²) in [7, 11) is 0. The van der Waals surface area contributed by atoms with Gasteiger partial charge in [0.25, 0.3) is 0 Å². The van der Waals surface area contributed by atoms with Crippen molar-refractivity contribution in [3.8, 4) is 11.5 Å². The molecule has 0 aliphatic carbocycles. The zero-order valence-corrected chi connectivity index (χ0v) is 12.1. The number of nitrogens with zero attached hydrogens (tertiary/aromatic N) is 2. The summed E-state index contributed by atoms with van der Waals surface area (Å²) in [4.78, 5) is 15.4. The number of fused-ring (bicyclic) bond motifs is 2. The Morgan fingerprint density at radius 1 is 1.38 bits per heavy atom. The van der Waals surface area contributed by atoms with Gasteiger partial charge in [0, 0.05) is 31.0 Å². The van der Waals surface area contributed by atoms with E-state index in [-0.39, 0.29) is 19.1 Å². The average molecular weight is 290 g/mol. The van der Waals surface area contributed by atoms with E-state index in [9.17, 15) is 4.79 Å². The molecule has 0 atom stereocenters. The Kier molecular flexibility index (Phi) is 3.45. The van der Waals surface area contributed by atoms with Crippen molar-refractivity contribution < 1.29 is 19.4 Å². The number of hydrogen-bond donors (Lipinski definition) is 1. The molecule has 0 bridgehead atoms. The molecular formula is C15H18N2O4. The van der Waals surface area contributed by atoms with Gasteiger partial charge in [-0.05, 0) is 6.42 Å². The Morgan fingerprint density at radius 2 is 2.10 bits per heavy atom. The van der Waals surface area contributed by atoms with E-state index in [4.69, 9.17) is 14.6 Å². The third-order valence-electron chi connectivity index (χ3n) is 3.56. The summed E-state index contributed by atoms with van der Waals surface area (Å²) >= 11 is 0. The van der Waals surface area contributed by atoms with Gasteiger partial charge in [-0.1, -0.05) is 13.8 Å². The van der Waals surface area contributed by atoms with Crippen LogP contribution in [-0.2, 0) is 11.3 Å². The number of carbonyl (C=O) groups is 1. The van der Waals surface area contributed by atoms with Gasteiger partial charge < -0.3 is 19.1 Å². The van der Waals surface area contributed by atoms with Crippen molar-refractivity contribution in [2.75, 3.05) is 6.79 Å². The van der Waals surface area contributed by atoms with Crippen LogP contribution in [0.15, 0.2) is 12.1 Å². The molecule has 3 rings (SSSR count). The number of aromatic nitrogens is 2. The summed E-state index contributed by atoms with van der Waals surface area (Å²) in [5, 5.41) is 8.80. The fraction of sp³-hybridized carbons (Fsp3) is 0.467. The van der Waals surface area contributed by atoms with Gasteiger partial charge in [0.15, 0.2) is 11.5 Å². The minimum Gasteiger partial charge on any atom is -0.481 e. The SMILES string of the molecule is CC(C)c1nc2cc3c(cc2n1CCCC(=O)O)OCO3. The van der Waals surface area contributed by atoms with E-state index in [2.05, 4.69) is 23.4 Å². The molecule has 0 unspecified atom stereocenters. The molecule has 21 heavy (non-hydrogen) atoms. The lowest BCUT2D eigenvalue weighted by Crippen LogP contribution is -2.07. The number of rotatable bonds is 5. The van der Waals surface area contributed by atoms with Crippen molar-refractivity contribution in [1.29, 1.82) is 0 Å². The molecule has 2 aromatic rings. The zero-order valence-electron chi connectivity index (χ0n) is 12.1. The topological polar surface area (TPSA) is 73.6 Å². The summed E-state index contributed by atoms with van der Waals surface area (Å²) in [5.41, 5.74) is 1.83. The smallest absolute Gasteiger partial charge is 0.303 e. The van der Waals surface area contributed by atoms with E-state index in [0.717, 1.165) is 22.6 Å². The van der Waals surface area contributed by atoms with Gasteiger partial charge >= 0.3 is 5.97 Å². The Hall–Kier alpha value is -2.24. The maximum absolute atomic E-state index is 10.7. The second kappa shape index (κ2) is 5.27. The van der Waals surface area contributed by atoms with Crippen LogP contribution in [0.4, 0.5) is 0 Å². The number of carboxylic acids is 1. The van der Waals surface area contributed by atoms with Crippen LogP contribution in [0.3, 0.4) is 0 Å². The molecule has 0 saturated heterocycles. The minimum absolute atomic E-state index is 0.155. The van der Waals surface area contributed by atoms with Crippen LogP contribution in [0, 0.1) is 0 Å². The van der Waals surface area contributed by atoms with Crippen LogP contribution in [-0.4, -0.2) is 27.4 Å². The van der Waals surface area contributed by atoms with Crippen LogP contribution >= 0.6 is 0 Å². The Balaban J connectivity index is 2.01. The van der Waals surface area contributed by atoms with E-state index in [1.54, 1.807) is 0 Å². The van der Waals surface area contributed by atoms with Crippen LogP contribution in [0.2, 0.25) is 0 Å². The zero-order chi connectivity index (χ0) is 15.0. The van der Waals surface area contributed by atoms with Crippen molar-refractivity contribution in [2.24, 2.45) is 0 Å². The van der Waals surface area contributed by atoms with E-state index in [1.165, 1.54) is 0 Å².